The minimum absolute atomic E-state index is 0.147. The van der Waals surface area contributed by atoms with Gasteiger partial charge in [0.15, 0.2) is 0 Å². The van der Waals surface area contributed by atoms with Crippen LogP contribution in [0.1, 0.15) is 41.5 Å². The van der Waals surface area contributed by atoms with Gasteiger partial charge in [-0.25, -0.2) is 8.02 Å². The van der Waals surface area contributed by atoms with Crippen LogP contribution in [0.25, 0.3) is 0 Å². The Morgan fingerprint density at radius 2 is 1.00 bits per heavy atom. The van der Waals surface area contributed by atoms with Crippen LogP contribution >= 0.6 is 10.3 Å². The van der Waals surface area contributed by atoms with Gasteiger partial charge >= 0.3 is 10.1 Å². The Morgan fingerprint density at radius 3 is 1.45 bits per heavy atom. The van der Waals surface area contributed by atoms with Crippen LogP contribution in [0.2, 0.25) is 0 Å². The summed E-state index contributed by atoms with van der Waals surface area (Å²) in [7, 11) is -7.33. The van der Waals surface area contributed by atoms with Crippen molar-refractivity contribution in [1.82, 2.24) is 0 Å². The van der Waals surface area contributed by atoms with Crippen LogP contribution < -0.4 is 9.47 Å². The molecule has 0 aromatic heterocycles. The molecule has 0 radical (unpaired) electrons. The molecule has 0 aliphatic heterocycles. The van der Waals surface area contributed by atoms with E-state index in [0.717, 1.165) is 12.1 Å². The summed E-state index contributed by atoms with van der Waals surface area (Å²) in [4.78, 5) is 1.73. The second-order valence-electron chi connectivity index (χ2n) is 11.2. The van der Waals surface area contributed by atoms with E-state index in [4.69, 9.17) is 13.1 Å². The molecule has 0 unspecified atom stereocenters. The standard InChI is InChI=1S/C32H35FO5S2/c1-31(2,3)36-25-12-10-16-29(22-25)39(27-14-8-7-9-15-27,30-17-11-13-26(23-30)37-32(4,5)6)38-40(34,35)28-20-18-24(33)19-21-28/h7-23H,1-6H3. The fourth-order valence-electron chi connectivity index (χ4n) is 4.05. The lowest BCUT2D eigenvalue weighted by atomic mass is 10.2. The van der Waals surface area contributed by atoms with Gasteiger partial charge in [-0.05, 0) is 125 Å². The van der Waals surface area contributed by atoms with Crippen molar-refractivity contribution in [3.8, 4) is 11.5 Å². The number of halogens is 1. The smallest absolute Gasteiger partial charge is 0.307 e. The highest BCUT2D eigenvalue weighted by Crippen LogP contribution is 2.71. The van der Waals surface area contributed by atoms with Gasteiger partial charge in [0.05, 0.1) is 4.90 Å². The van der Waals surface area contributed by atoms with E-state index >= 15 is 0 Å². The summed E-state index contributed by atoms with van der Waals surface area (Å²) in [5.41, 5.74) is -0.963. The first-order valence-corrected chi connectivity index (χ1v) is 15.8. The zero-order valence-electron chi connectivity index (χ0n) is 23.6. The van der Waals surface area contributed by atoms with Crippen molar-refractivity contribution in [2.24, 2.45) is 0 Å². The van der Waals surface area contributed by atoms with Crippen LogP contribution in [-0.4, -0.2) is 19.6 Å². The molecule has 4 aromatic carbocycles. The van der Waals surface area contributed by atoms with Gasteiger partial charge in [0.1, 0.15) is 28.5 Å². The molecule has 0 heterocycles. The molecule has 5 nitrogen and oxygen atoms in total. The first-order valence-electron chi connectivity index (χ1n) is 12.9. The van der Waals surface area contributed by atoms with E-state index in [-0.39, 0.29) is 4.90 Å². The third kappa shape index (κ3) is 7.05. The maximum atomic E-state index is 13.9. The van der Waals surface area contributed by atoms with E-state index in [1.807, 2.05) is 120 Å². The van der Waals surface area contributed by atoms with E-state index in [2.05, 4.69) is 0 Å². The van der Waals surface area contributed by atoms with Crippen molar-refractivity contribution in [2.75, 3.05) is 0 Å². The molecule has 0 amide bonds. The molecule has 0 aliphatic rings. The normalized spacial score (nSPS) is 13.1. The second-order valence-corrected chi connectivity index (χ2v) is 15.7. The molecule has 0 N–H and O–H groups in total. The predicted molar refractivity (Wildman–Crippen MR) is 157 cm³/mol. The summed E-state index contributed by atoms with van der Waals surface area (Å²) in [5, 5.41) is 0. The Labute approximate surface area is 238 Å². The van der Waals surface area contributed by atoms with Crippen molar-refractivity contribution in [2.45, 2.75) is 72.3 Å². The van der Waals surface area contributed by atoms with Gasteiger partial charge in [0, 0.05) is 14.7 Å². The summed E-state index contributed by atoms with van der Waals surface area (Å²) in [6, 6.07) is 28.5. The molecular formula is C32H35FO5S2. The summed E-state index contributed by atoms with van der Waals surface area (Å²) in [5.74, 6) is 0.602. The zero-order chi connectivity index (χ0) is 29.2. The average molecular weight is 583 g/mol. The quantitative estimate of drug-likeness (QED) is 0.208. The third-order valence-corrected chi connectivity index (χ3v) is 10.6. The number of rotatable bonds is 8. The van der Waals surface area contributed by atoms with Gasteiger partial charge in [-0.3, -0.25) is 0 Å². The van der Waals surface area contributed by atoms with Crippen molar-refractivity contribution in [3.05, 3.63) is 109 Å². The highest BCUT2D eigenvalue weighted by atomic mass is 32.3. The molecule has 0 aliphatic carbocycles. The zero-order valence-corrected chi connectivity index (χ0v) is 25.2. The SMILES string of the molecule is CC(C)(C)Oc1cccc(S(OS(=O)(=O)c2ccc(F)cc2)(c2ccccc2)c2cccc(OC(C)(C)C)c2)c1. The first kappa shape index (κ1) is 29.6. The molecule has 4 aromatic rings. The molecule has 0 saturated heterocycles. The monoisotopic (exact) mass is 582 g/mol. The van der Waals surface area contributed by atoms with Crippen LogP contribution in [-0.2, 0) is 13.7 Å². The highest BCUT2D eigenvalue weighted by Gasteiger charge is 2.39. The summed E-state index contributed by atoms with van der Waals surface area (Å²) >= 11 is 0. The Hall–Kier alpha value is -3.33. The second kappa shape index (κ2) is 11.3. The van der Waals surface area contributed by atoms with Gasteiger partial charge in [0.25, 0.3) is 0 Å². The van der Waals surface area contributed by atoms with Crippen molar-refractivity contribution < 1.29 is 25.9 Å². The Kier molecular flexibility index (Phi) is 8.36. The van der Waals surface area contributed by atoms with Crippen molar-refractivity contribution in [3.63, 3.8) is 0 Å². The van der Waals surface area contributed by atoms with Crippen LogP contribution in [0.15, 0.2) is 123 Å². The predicted octanol–water partition coefficient (Wildman–Crippen LogP) is 8.78. The van der Waals surface area contributed by atoms with E-state index in [1.54, 1.807) is 0 Å². The Balaban J connectivity index is 2.03. The maximum absolute atomic E-state index is 13.9. The topological polar surface area (TPSA) is 61.8 Å². The fourth-order valence-corrected chi connectivity index (χ4v) is 9.32. The van der Waals surface area contributed by atoms with Gasteiger partial charge < -0.3 is 9.47 Å². The number of hydrogen-bond acceptors (Lipinski definition) is 5. The third-order valence-electron chi connectivity index (χ3n) is 5.49. The molecule has 0 spiro atoms. The van der Waals surface area contributed by atoms with Crippen molar-refractivity contribution in [1.29, 1.82) is 0 Å². The Morgan fingerprint density at radius 1 is 0.550 bits per heavy atom. The van der Waals surface area contributed by atoms with Gasteiger partial charge in [-0.15, -0.1) is 0 Å². The van der Waals surface area contributed by atoms with E-state index in [0.29, 0.717) is 26.2 Å². The lowest BCUT2D eigenvalue weighted by molar-refractivity contribution is 0.130. The number of ether oxygens (including phenoxy) is 2. The molecule has 0 bridgehead atoms. The highest BCUT2D eigenvalue weighted by molar-refractivity contribution is 8.33. The molecule has 0 saturated carbocycles. The van der Waals surface area contributed by atoms with Crippen molar-refractivity contribution >= 4 is 20.4 Å². The number of benzene rings is 4. The van der Waals surface area contributed by atoms with Crippen LogP contribution in [0.5, 0.6) is 11.5 Å². The van der Waals surface area contributed by atoms with Crippen LogP contribution in [0.3, 0.4) is 0 Å². The van der Waals surface area contributed by atoms with E-state index in [9.17, 15) is 12.8 Å². The fraction of sp³-hybridized carbons (Fsp3) is 0.250. The lowest BCUT2D eigenvalue weighted by Gasteiger charge is -2.40. The summed E-state index contributed by atoms with van der Waals surface area (Å²) in [6.07, 6.45) is 0. The van der Waals surface area contributed by atoms with Gasteiger partial charge in [0.2, 0.25) is 0 Å². The minimum Gasteiger partial charge on any atom is -0.488 e. The molecule has 4 rings (SSSR count). The minimum atomic E-state index is -4.39. The van der Waals surface area contributed by atoms with E-state index < -0.39 is 37.4 Å². The number of hydrogen-bond donors (Lipinski definition) is 0. The molecular weight excluding hydrogens is 547 g/mol. The van der Waals surface area contributed by atoms with Crippen LogP contribution in [0, 0.1) is 5.82 Å². The molecule has 0 atom stereocenters. The molecule has 8 heteroatoms. The summed E-state index contributed by atoms with van der Waals surface area (Å²) < 4.78 is 60.3. The average Bonchev–Trinajstić information content (AvgIpc) is 2.86. The van der Waals surface area contributed by atoms with Gasteiger partial charge in [-0.2, -0.15) is 8.42 Å². The Bertz CT molecular complexity index is 1500. The van der Waals surface area contributed by atoms with Gasteiger partial charge in [-0.1, -0.05) is 30.3 Å². The largest absolute Gasteiger partial charge is 0.488 e. The van der Waals surface area contributed by atoms with E-state index in [1.165, 1.54) is 12.1 Å². The molecule has 40 heavy (non-hydrogen) atoms. The lowest BCUT2D eigenvalue weighted by Crippen LogP contribution is -2.23. The summed E-state index contributed by atoms with van der Waals surface area (Å²) in [6.45, 7) is 11.7. The molecule has 212 valence electrons. The maximum Gasteiger partial charge on any atom is 0.307 e. The van der Waals surface area contributed by atoms with Crippen LogP contribution in [0.4, 0.5) is 4.39 Å². The molecule has 0 fully saturated rings. The first-order chi connectivity index (χ1) is 18.7.